The molecular formula is C14H13ClF3NO4. The van der Waals surface area contributed by atoms with E-state index in [1.165, 1.54) is 4.90 Å². The molecule has 1 saturated heterocycles. The zero-order valence-corrected chi connectivity index (χ0v) is 12.5. The number of hydrogen-bond acceptors (Lipinski definition) is 3. The van der Waals surface area contributed by atoms with Crippen LogP contribution < -0.4 is 0 Å². The predicted molar refractivity (Wildman–Crippen MR) is 74.4 cm³/mol. The van der Waals surface area contributed by atoms with E-state index in [0.29, 0.717) is 0 Å². The molecule has 1 aromatic carbocycles. The molecule has 9 heteroatoms. The van der Waals surface area contributed by atoms with Gasteiger partial charge in [0, 0.05) is 23.7 Å². The fourth-order valence-electron chi connectivity index (χ4n) is 2.28. The molecule has 0 saturated carbocycles. The summed E-state index contributed by atoms with van der Waals surface area (Å²) in [7, 11) is 0. The zero-order chi connectivity index (χ0) is 17.2. The molecular weight excluding hydrogens is 339 g/mol. The van der Waals surface area contributed by atoms with E-state index < -0.39 is 29.7 Å². The predicted octanol–water partition coefficient (Wildman–Crippen LogP) is 2.67. The highest BCUT2D eigenvalue weighted by Crippen LogP contribution is 2.32. The molecule has 1 N–H and O–H groups in total. The van der Waals surface area contributed by atoms with Gasteiger partial charge in [-0.3, -0.25) is 9.59 Å². The molecule has 1 amide bonds. The van der Waals surface area contributed by atoms with Crippen LogP contribution in [0, 0.1) is 0 Å². The molecule has 5 nitrogen and oxygen atoms in total. The first kappa shape index (κ1) is 17.6. The summed E-state index contributed by atoms with van der Waals surface area (Å²) < 4.78 is 43.6. The van der Waals surface area contributed by atoms with Crippen LogP contribution >= 0.6 is 11.6 Å². The van der Waals surface area contributed by atoms with E-state index in [9.17, 15) is 22.8 Å². The van der Waals surface area contributed by atoms with Gasteiger partial charge < -0.3 is 14.7 Å². The number of aliphatic carboxylic acids is 1. The Morgan fingerprint density at radius 3 is 2.65 bits per heavy atom. The van der Waals surface area contributed by atoms with Gasteiger partial charge >= 0.3 is 12.1 Å². The van der Waals surface area contributed by atoms with E-state index >= 15 is 0 Å². The number of nitrogens with zero attached hydrogens (tertiary/aromatic N) is 1. The molecule has 126 valence electrons. The third-order valence-electron chi connectivity index (χ3n) is 3.30. The summed E-state index contributed by atoms with van der Waals surface area (Å²) in [6.45, 7) is 0.290. The van der Waals surface area contributed by atoms with Crippen molar-refractivity contribution in [2.24, 2.45) is 0 Å². The Hall–Kier alpha value is -1.80. The smallest absolute Gasteiger partial charge is 0.416 e. The summed E-state index contributed by atoms with van der Waals surface area (Å²) in [5, 5.41) is 8.55. The minimum absolute atomic E-state index is 0.000994. The third kappa shape index (κ3) is 4.59. The van der Waals surface area contributed by atoms with Gasteiger partial charge in [-0.05, 0) is 18.2 Å². The van der Waals surface area contributed by atoms with E-state index in [0.717, 1.165) is 18.2 Å². The molecule has 0 aromatic heterocycles. The lowest BCUT2D eigenvalue weighted by Gasteiger charge is -2.32. The number of halogens is 4. The van der Waals surface area contributed by atoms with Gasteiger partial charge in [-0.15, -0.1) is 0 Å². The fourth-order valence-corrected chi connectivity index (χ4v) is 2.52. The Kier molecular flexibility index (Phi) is 5.16. The first-order valence-corrected chi connectivity index (χ1v) is 7.05. The summed E-state index contributed by atoms with van der Waals surface area (Å²) >= 11 is 5.66. The first-order valence-electron chi connectivity index (χ1n) is 6.67. The number of carbonyl (C=O) groups is 2. The van der Waals surface area contributed by atoms with Gasteiger partial charge in [-0.1, -0.05) is 11.6 Å². The number of alkyl halides is 3. The van der Waals surface area contributed by atoms with E-state index in [4.69, 9.17) is 21.4 Å². The number of carbonyl (C=O) groups excluding carboxylic acids is 1. The van der Waals surface area contributed by atoms with Crippen molar-refractivity contribution in [3.8, 4) is 0 Å². The number of ether oxygens (including phenoxy) is 1. The average molecular weight is 352 g/mol. The van der Waals surface area contributed by atoms with Crippen molar-refractivity contribution in [2.75, 3.05) is 19.7 Å². The van der Waals surface area contributed by atoms with Crippen LogP contribution in [-0.2, 0) is 15.7 Å². The number of morpholine rings is 1. The van der Waals surface area contributed by atoms with Crippen LogP contribution in [0.3, 0.4) is 0 Å². The maximum atomic E-state index is 12.8. The second-order valence-corrected chi connectivity index (χ2v) is 5.50. The molecule has 2 rings (SSSR count). The van der Waals surface area contributed by atoms with Gasteiger partial charge in [0.2, 0.25) is 0 Å². The Morgan fingerprint density at radius 1 is 1.35 bits per heavy atom. The maximum absolute atomic E-state index is 12.8. The summed E-state index contributed by atoms with van der Waals surface area (Å²) in [5.41, 5.74) is -1.20. The van der Waals surface area contributed by atoms with Crippen molar-refractivity contribution in [3.63, 3.8) is 0 Å². The van der Waals surface area contributed by atoms with Crippen LogP contribution in [0.5, 0.6) is 0 Å². The van der Waals surface area contributed by atoms with Crippen molar-refractivity contribution in [3.05, 3.63) is 34.3 Å². The minimum Gasteiger partial charge on any atom is -0.481 e. The number of carboxylic acids is 1. The van der Waals surface area contributed by atoms with Gasteiger partial charge in [-0.25, -0.2) is 0 Å². The second-order valence-electron chi connectivity index (χ2n) is 5.07. The lowest BCUT2D eigenvalue weighted by atomic mass is 10.1. The number of amides is 1. The number of carboxylic acid groups (broad SMARTS) is 1. The van der Waals surface area contributed by atoms with Gasteiger partial charge in [0.15, 0.2) is 0 Å². The summed E-state index contributed by atoms with van der Waals surface area (Å²) in [6, 6.07) is 2.63. The summed E-state index contributed by atoms with van der Waals surface area (Å²) in [4.78, 5) is 24.3. The molecule has 1 unspecified atom stereocenters. The standard InChI is InChI=1S/C14H13ClF3NO4/c15-10-4-8(3-9(5-10)14(16,17)18)13(22)19-1-2-23-11(7-19)6-12(20)21/h3-5,11H,1-2,6-7H2,(H,20,21). The van der Waals surface area contributed by atoms with Crippen molar-refractivity contribution >= 4 is 23.5 Å². The molecule has 1 fully saturated rings. The van der Waals surface area contributed by atoms with Gasteiger partial charge in [0.25, 0.3) is 5.91 Å². The van der Waals surface area contributed by atoms with Gasteiger partial charge in [0.05, 0.1) is 24.7 Å². The van der Waals surface area contributed by atoms with Gasteiger partial charge in [0.1, 0.15) is 0 Å². The SMILES string of the molecule is O=C(O)CC1CN(C(=O)c2cc(Cl)cc(C(F)(F)F)c2)CCO1. The highest BCUT2D eigenvalue weighted by atomic mass is 35.5. The second kappa shape index (κ2) is 6.76. The molecule has 0 spiro atoms. The van der Waals surface area contributed by atoms with Crippen molar-refractivity contribution in [1.29, 1.82) is 0 Å². The Labute approximate surface area is 134 Å². The molecule has 0 aliphatic carbocycles. The lowest BCUT2D eigenvalue weighted by molar-refractivity contribution is -0.142. The van der Waals surface area contributed by atoms with Crippen LogP contribution in [0.4, 0.5) is 13.2 Å². The molecule has 1 aliphatic rings. The topological polar surface area (TPSA) is 66.8 Å². The highest BCUT2D eigenvalue weighted by molar-refractivity contribution is 6.31. The van der Waals surface area contributed by atoms with Crippen molar-refractivity contribution < 1.29 is 32.6 Å². The monoisotopic (exact) mass is 351 g/mol. The Balaban J connectivity index is 2.19. The summed E-state index contributed by atoms with van der Waals surface area (Å²) in [5.74, 6) is -1.72. The molecule has 1 aromatic rings. The molecule has 0 radical (unpaired) electrons. The number of hydrogen-bond donors (Lipinski definition) is 1. The van der Waals surface area contributed by atoms with Gasteiger partial charge in [-0.2, -0.15) is 13.2 Å². The largest absolute Gasteiger partial charge is 0.481 e. The van der Waals surface area contributed by atoms with E-state index in [2.05, 4.69) is 0 Å². The number of rotatable bonds is 3. The Morgan fingerprint density at radius 2 is 2.04 bits per heavy atom. The fraction of sp³-hybridized carbons (Fsp3) is 0.429. The zero-order valence-electron chi connectivity index (χ0n) is 11.8. The van der Waals surface area contributed by atoms with E-state index in [1.807, 2.05) is 0 Å². The Bertz CT molecular complexity index is 621. The highest BCUT2D eigenvalue weighted by Gasteiger charge is 2.33. The van der Waals surface area contributed by atoms with Crippen LogP contribution in [-0.4, -0.2) is 47.7 Å². The van der Waals surface area contributed by atoms with Crippen LogP contribution in [0.1, 0.15) is 22.3 Å². The molecule has 1 atom stereocenters. The van der Waals surface area contributed by atoms with Crippen LogP contribution in [0.2, 0.25) is 5.02 Å². The summed E-state index contributed by atoms with van der Waals surface area (Å²) in [6.07, 6.45) is -5.59. The minimum atomic E-state index is -4.61. The quantitative estimate of drug-likeness (QED) is 0.909. The lowest BCUT2D eigenvalue weighted by Crippen LogP contribution is -2.46. The molecule has 23 heavy (non-hydrogen) atoms. The van der Waals surface area contributed by atoms with Crippen LogP contribution in [0.15, 0.2) is 18.2 Å². The normalized spacial score (nSPS) is 18.8. The molecule has 1 heterocycles. The van der Waals surface area contributed by atoms with Crippen molar-refractivity contribution in [1.82, 2.24) is 4.90 Å². The maximum Gasteiger partial charge on any atom is 0.416 e. The third-order valence-corrected chi connectivity index (χ3v) is 3.52. The average Bonchev–Trinajstić information content (AvgIpc) is 2.44. The number of benzene rings is 1. The molecule has 1 aliphatic heterocycles. The first-order chi connectivity index (χ1) is 10.7. The van der Waals surface area contributed by atoms with E-state index in [1.54, 1.807) is 0 Å². The van der Waals surface area contributed by atoms with Crippen LogP contribution in [0.25, 0.3) is 0 Å². The van der Waals surface area contributed by atoms with Crippen molar-refractivity contribution in [2.45, 2.75) is 18.7 Å². The molecule has 0 bridgehead atoms. The van der Waals surface area contributed by atoms with E-state index in [-0.39, 0.29) is 36.7 Å².